The molecule has 1 fully saturated rings. The van der Waals surface area contributed by atoms with Gasteiger partial charge in [0.1, 0.15) is 0 Å². The molecule has 0 saturated carbocycles. The van der Waals surface area contributed by atoms with Crippen molar-refractivity contribution in [1.82, 2.24) is 14.5 Å². The number of rotatable bonds is 7. The zero-order chi connectivity index (χ0) is 23.4. The van der Waals surface area contributed by atoms with Gasteiger partial charge >= 0.3 is 0 Å². The van der Waals surface area contributed by atoms with Crippen molar-refractivity contribution in [2.75, 3.05) is 32.7 Å². The molecule has 2 amide bonds. The van der Waals surface area contributed by atoms with Gasteiger partial charge in [0.05, 0.1) is 4.90 Å². The normalized spacial score (nSPS) is 16.5. The molecule has 0 bridgehead atoms. The van der Waals surface area contributed by atoms with Gasteiger partial charge in [-0.15, -0.1) is 0 Å². The molecule has 33 heavy (non-hydrogen) atoms. The fraction of sp³-hybridized carbons (Fsp3) is 0.417. The van der Waals surface area contributed by atoms with Crippen molar-refractivity contribution in [3.8, 4) is 0 Å². The van der Waals surface area contributed by atoms with E-state index >= 15 is 0 Å². The van der Waals surface area contributed by atoms with E-state index in [0.29, 0.717) is 61.0 Å². The van der Waals surface area contributed by atoms with Crippen LogP contribution in [0.4, 0.5) is 0 Å². The Morgan fingerprint density at radius 2 is 1.64 bits per heavy atom. The Morgan fingerprint density at radius 1 is 0.939 bits per heavy atom. The monoisotopic (exact) mass is 489 g/mol. The van der Waals surface area contributed by atoms with Crippen LogP contribution in [-0.2, 0) is 27.7 Å². The van der Waals surface area contributed by atoms with Gasteiger partial charge in [-0.1, -0.05) is 17.7 Å². The van der Waals surface area contributed by atoms with Crippen LogP contribution in [-0.4, -0.2) is 62.2 Å². The first-order chi connectivity index (χ1) is 15.8. The molecule has 1 aliphatic carbocycles. The number of amides is 2. The number of fused-ring (bicyclic) bond motifs is 1. The van der Waals surface area contributed by atoms with Crippen molar-refractivity contribution in [1.29, 1.82) is 0 Å². The Labute approximate surface area is 199 Å². The molecule has 7 nitrogen and oxygen atoms in total. The van der Waals surface area contributed by atoms with Crippen LogP contribution < -0.4 is 5.32 Å². The van der Waals surface area contributed by atoms with E-state index in [-0.39, 0.29) is 11.8 Å². The molecule has 0 radical (unpaired) electrons. The summed E-state index contributed by atoms with van der Waals surface area (Å²) in [6, 6.07) is 12.1. The molecule has 9 heteroatoms. The highest BCUT2D eigenvalue weighted by molar-refractivity contribution is 7.89. The van der Waals surface area contributed by atoms with Crippen LogP contribution in [0.5, 0.6) is 0 Å². The molecule has 1 saturated heterocycles. The van der Waals surface area contributed by atoms with Crippen molar-refractivity contribution in [2.24, 2.45) is 0 Å². The summed E-state index contributed by atoms with van der Waals surface area (Å²) in [7, 11) is -3.55. The molecular formula is C24H28ClN3O4S. The minimum absolute atomic E-state index is 0.0229. The lowest BCUT2D eigenvalue weighted by atomic mass is 10.1. The molecule has 0 spiro atoms. The molecule has 1 aliphatic heterocycles. The Kier molecular flexibility index (Phi) is 7.36. The minimum atomic E-state index is -3.55. The predicted octanol–water partition coefficient (Wildman–Crippen LogP) is 2.87. The van der Waals surface area contributed by atoms with Gasteiger partial charge in [0, 0.05) is 49.7 Å². The zero-order valence-corrected chi connectivity index (χ0v) is 20.0. The van der Waals surface area contributed by atoms with Gasteiger partial charge in [-0.2, -0.15) is 4.31 Å². The lowest BCUT2D eigenvalue weighted by molar-refractivity contribution is -0.132. The third kappa shape index (κ3) is 5.57. The van der Waals surface area contributed by atoms with Gasteiger partial charge < -0.3 is 10.2 Å². The number of benzene rings is 2. The second kappa shape index (κ2) is 10.2. The fourth-order valence-electron chi connectivity index (χ4n) is 4.34. The predicted molar refractivity (Wildman–Crippen MR) is 127 cm³/mol. The maximum absolute atomic E-state index is 13.0. The summed E-state index contributed by atoms with van der Waals surface area (Å²) in [6.07, 6.45) is 3.84. The number of piperazine rings is 1. The molecule has 4 rings (SSSR count). The number of halogens is 1. The fourth-order valence-corrected chi connectivity index (χ4v) is 5.94. The number of aryl methyl sites for hydroxylation is 2. The van der Waals surface area contributed by atoms with E-state index in [2.05, 4.69) is 5.32 Å². The number of hydrogen-bond donors (Lipinski definition) is 1. The third-order valence-electron chi connectivity index (χ3n) is 6.26. The maximum atomic E-state index is 13.0. The third-order valence-corrected chi connectivity index (χ3v) is 8.41. The Morgan fingerprint density at radius 3 is 2.36 bits per heavy atom. The molecule has 2 aromatic rings. The molecule has 0 aromatic heterocycles. The number of carbonyl (C=O) groups excluding carboxylic acids is 2. The van der Waals surface area contributed by atoms with E-state index in [9.17, 15) is 18.0 Å². The zero-order valence-electron chi connectivity index (χ0n) is 18.4. The van der Waals surface area contributed by atoms with Crippen molar-refractivity contribution in [3.63, 3.8) is 0 Å². The van der Waals surface area contributed by atoms with Gasteiger partial charge in [0.25, 0.3) is 5.91 Å². The van der Waals surface area contributed by atoms with Gasteiger partial charge in [-0.3, -0.25) is 9.59 Å². The minimum Gasteiger partial charge on any atom is -0.352 e. The van der Waals surface area contributed by atoms with Gasteiger partial charge in [0.2, 0.25) is 15.9 Å². The smallest absolute Gasteiger partial charge is 0.251 e. The summed E-state index contributed by atoms with van der Waals surface area (Å²) in [5.41, 5.74) is 2.90. The van der Waals surface area contributed by atoms with Crippen LogP contribution in [0.2, 0.25) is 5.02 Å². The van der Waals surface area contributed by atoms with E-state index in [0.717, 1.165) is 24.8 Å². The number of sulfonamides is 1. The van der Waals surface area contributed by atoms with Crippen molar-refractivity contribution in [3.05, 3.63) is 64.2 Å². The molecule has 2 aromatic carbocycles. The van der Waals surface area contributed by atoms with E-state index in [1.807, 2.05) is 12.1 Å². The number of carbonyl (C=O) groups is 2. The van der Waals surface area contributed by atoms with E-state index in [1.54, 1.807) is 35.2 Å². The molecule has 1 heterocycles. The largest absolute Gasteiger partial charge is 0.352 e. The summed E-state index contributed by atoms with van der Waals surface area (Å²) in [5.74, 6) is -0.227. The molecular weight excluding hydrogens is 462 g/mol. The summed E-state index contributed by atoms with van der Waals surface area (Å²) in [4.78, 5) is 26.7. The quantitative estimate of drug-likeness (QED) is 0.606. The van der Waals surface area contributed by atoms with Crippen LogP contribution in [0.15, 0.2) is 47.4 Å². The van der Waals surface area contributed by atoms with Crippen molar-refractivity contribution in [2.45, 2.75) is 37.0 Å². The lowest BCUT2D eigenvalue weighted by Gasteiger charge is -2.34. The van der Waals surface area contributed by atoms with Crippen molar-refractivity contribution < 1.29 is 18.0 Å². The van der Waals surface area contributed by atoms with Crippen LogP contribution in [0.3, 0.4) is 0 Å². The second-order valence-electron chi connectivity index (χ2n) is 8.44. The summed E-state index contributed by atoms with van der Waals surface area (Å²) >= 11 is 5.83. The molecule has 176 valence electrons. The standard InChI is InChI=1S/C24H28ClN3O4S/c25-21-9-6-19(7-10-21)24(30)26-12-2-5-23(29)27-13-15-28(16-14-27)33(31,32)22-11-8-18-3-1-4-20(18)17-22/h6-11,17H,1-5,12-16H2,(H,26,30). The highest BCUT2D eigenvalue weighted by Crippen LogP contribution is 2.26. The topological polar surface area (TPSA) is 86.8 Å². The lowest BCUT2D eigenvalue weighted by Crippen LogP contribution is -2.50. The van der Waals surface area contributed by atoms with Crippen LogP contribution in [0, 0.1) is 0 Å². The van der Waals surface area contributed by atoms with E-state index < -0.39 is 10.0 Å². The summed E-state index contributed by atoms with van der Waals surface area (Å²) < 4.78 is 27.6. The first kappa shape index (κ1) is 23.7. The van der Waals surface area contributed by atoms with Crippen LogP contribution in [0.1, 0.15) is 40.7 Å². The van der Waals surface area contributed by atoms with Gasteiger partial charge in [-0.05, 0) is 73.2 Å². The Hall–Kier alpha value is -2.42. The molecule has 2 aliphatic rings. The molecule has 1 N–H and O–H groups in total. The van der Waals surface area contributed by atoms with Crippen LogP contribution in [0.25, 0.3) is 0 Å². The van der Waals surface area contributed by atoms with Gasteiger partial charge in [0.15, 0.2) is 0 Å². The number of nitrogens with one attached hydrogen (secondary N) is 1. The Bertz CT molecular complexity index is 1130. The van der Waals surface area contributed by atoms with Crippen LogP contribution >= 0.6 is 11.6 Å². The number of nitrogens with zero attached hydrogens (tertiary/aromatic N) is 2. The highest BCUT2D eigenvalue weighted by atomic mass is 35.5. The average Bonchev–Trinajstić information content (AvgIpc) is 3.30. The first-order valence-electron chi connectivity index (χ1n) is 11.3. The second-order valence-corrected chi connectivity index (χ2v) is 10.8. The van der Waals surface area contributed by atoms with E-state index in [4.69, 9.17) is 11.6 Å². The average molecular weight is 490 g/mol. The van der Waals surface area contributed by atoms with Crippen molar-refractivity contribution >= 4 is 33.4 Å². The van der Waals surface area contributed by atoms with Gasteiger partial charge in [-0.25, -0.2) is 8.42 Å². The molecule has 0 atom stereocenters. The molecule has 0 unspecified atom stereocenters. The first-order valence-corrected chi connectivity index (χ1v) is 13.1. The highest BCUT2D eigenvalue weighted by Gasteiger charge is 2.30. The SMILES string of the molecule is O=C(NCCCC(=O)N1CCN(S(=O)(=O)c2ccc3c(c2)CCC3)CC1)c1ccc(Cl)cc1. The summed E-state index contributed by atoms with van der Waals surface area (Å²) in [5, 5.41) is 3.37. The summed E-state index contributed by atoms with van der Waals surface area (Å²) in [6.45, 7) is 1.72. The van der Waals surface area contributed by atoms with E-state index in [1.165, 1.54) is 9.87 Å². The maximum Gasteiger partial charge on any atom is 0.251 e. The number of hydrogen-bond acceptors (Lipinski definition) is 4. The Balaban J connectivity index is 1.22.